The molecule has 0 radical (unpaired) electrons. The summed E-state index contributed by atoms with van der Waals surface area (Å²) in [4.78, 5) is 11.5. The standard InChI is InChI=1S/C13H18ClNO2/c1-4-9(2)15-13(3,12(16)17)10-5-7-11(14)8-6-10/h5-9,15H,4H2,1-3H3,(H,16,17). The third-order valence-corrected chi connectivity index (χ3v) is 3.25. The lowest BCUT2D eigenvalue weighted by Gasteiger charge is -2.30. The van der Waals surface area contributed by atoms with Gasteiger partial charge in [0.2, 0.25) is 0 Å². The van der Waals surface area contributed by atoms with Crippen molar-refractivity contribution in [2.75, 3.05) is 0 Å². The first kappa shape index (κ1) is 14.0. The first-order chi connectivity index (χ1) is 7.90. The van der Waals surface area contributed by atoms with Crippen molar-refractivity contribution < 1.29 is 9.90 Å². The zero-order valence-electron chi connectivity index (χ0n) is 10.3. The zero-order valence-corrected chi connectivity index (χ0v) is 11.1. The second-order valence-electron chi connectivity index (χ2n) is 4.39. The van der Waals surface area contributed by atoms with Crippen molar-refractivity contribution in [2.45, 2.75) is 38.8 Å². The van der Waals surface area contributed by atoms with Gasteiger partial charge < -0.3 is 5.11 Å². The lowest BCUT2D eigenvalue weighted by molar-refractivity contribution is -0.145. The van der Waals surface area contributed by atoms with Crippen LogP contribution in [0.5, 0.6) is 0 Å². The molecule has 4 heteroatoms. The Morgan fingerprint density at radius 3 is 2.41 bits per heavy atom. The van der Waals surface area contributed by atoms with Gasteiger partial charge in [-0.25, -0.2) is 4.79 Å². The second kappa shape index (κ2) is 5.52. The van der Waals surface area contributed by atoms with E-state index in [9.17, 15) is 9.90 Å². The Morgan fingerprint density at radius 2 is 2.00 bits per heavy atom. The van der Waals surface area contributed by atoms with Crippen molar-refractivity contribution in [3.8, 4) is 0 Å². The van der Waals surface area contributed by atoms with Crippen LogP contribution in [0.15, 0.2) is 24.3 Å². The third-order valence-electron chi connectivity index (χ3n) is 3.00. The molecule has 2 unspecified atom stereocenters. The molecule has 2 atom stereocenters. The van der Waals surface area contributed by atoms with Gasteiger partial charge in [0.25, 0.3) is 0 Å². The van der Waals surface area contributed by atoms with E-state index in [-0.39, 0.29) is 6.04 Å². The van der Waals surface area contributed by atoms with Gasteiger partial charge in [-0.2, -0.15) is 0 Å². The molecule has 0 aliphatic carbocycles. The van der Waals surface area contributed by atoms with Crippen molar-refractivity contribution in [3.63, 3.8) is 0 Å². The maximum absolute atomic E-state index is 11.5. The fourth-order valence-electron chi connectivity index (χ4n) is 1.65. The van der Waals surface area contributed by atoms with Crippen LogP contribution in [0.2, 0.25) is 5.02 Å². The van der Waals surface area contributed by atoms with Crippen molar-refractivity contribution >= 4 is 17.6 Å². The largest absolute Gasteiger partial charge is 0.480 e. The monoisotopic (exact) mass is 255 g/mol. The van der Waals surface area contributed by atoms with Crippen LogP contribution in [0.3, 0.4) is 0 Å². The van der Waals surface area contributed by atoms with Gasteiger partial charge in [-0.3, -0.25) is 5.32 Å². The number of rotatable bonds is 5. The minimum atomic E-state index is -1.08. The molecule has 1 rings (SSSR count). The minimum Gasteiger partial charge on any atom is -0.480 e. The first-order valence-corrected chi connectivity index (χ1v) is 6.05. The maximum Gasteiger partial charge on any atom is 0.328 e. The van der Waals surface area contributed by atoms with Crippen LogP contribution in [-0.2, 0) is 10.3 Å². The summed E-state index contributed by atoms with van der Waals surface area (Å²) < 4.78 is 0. The topological polar surface area (TPSA) is 49.3 Å². The Bertz CT molecular complexity index is 391. The molecule has 0 saturated heterocycles. The van der Waals surface area contributed by atoms with Gasteiger partial charge in [-0.05, 0) is 38.0 Å². The highest BCUT2D eigenvalue weighted by atomic mass is 35.5. The smallest absolute Gasteiger partial charge is 0.328 e. The molecule has 0 aliphatic heterocycles. The molecule has 0 saturated carbocycles. The molecule has 17 heavy (non-hydrogen) atoms. The lowest BCUT2D eigenvalue weighted by atomic mass is 9.91. The number of carboxylic acid groups (broad SMARTS) is 1. The number of carbonyl (C=O) groups is 1. The first-order valence-electron chi connectivity index (χ1n) is 5.67. The highest BCUT2D eigenvalue weighted by Gasteiger charge is 2.35. The van der Waals surface area contributed by atoms with Crippen molar-refractivity contribution in [2.24, 2.45) is 0 Å². The quantitative estimate of drug-likeness (QED) is 0.850. The molecule has 0 spiro atoms. The molecule has 0 heterocycles. The SMILES string of the molecule is CCC(C)NC(C)(C(=O)O)c1ccc(Cl)cc1. The molecule has 0 bridgehead atoms. The van der Waals surface area contributed by atoms with Crippen LogP contribution < -0.4 is 5.32 Å². The van der Waals surface area contributed by atoms with Crippen LogP contribution in [0.1, 0.15) is 32.8 Å². The summed E-state index contributed by atoms with van der Waals surface area (Å²) in [7, 11) is 0. The van der Waals surface area contributed by atoms with Gasteiger partial charge >= 0.3 is 5.97 Å². The molecule has 1 aromatic carbocycles. The summed E-state index contributed by atoms with van der Waals surface area (Å²) in [6.45, 7) is 5.66. The maximum atomic E-state index is 11.5. The van der Waals surface area contributed by atoms with Gasteiger partial charge in [0.15, 0.2) is 0 Å². The van der Waals surface area contributed by atoms with Gasteiger partial charge in [0.05, 0.1) is 0 Å². The van der Waals surface area contributed by atoms with E-state index >= 15 is 0 Å². The number of hydrogen-bond donors (Lipinski definition) is 2. The van der Waals surface area contributed by atoms with Crippen LogP contribution in [0.4, 0.5) is 0 Å². The number of aliphatic carboxylic acids is 1. The summed E-state index contributed by atoms with van der Waals surface area (Å²) in [6.07, 6.45) is 0.871. The van der Waals surface area contributed by atoms with E-state index in [4.69, 9.17) is 11.6 Å². The average Bonchev–Trinajstić information content (AvgIpc) is 2.29. The average molecular weight is 256 g/mol. The number of nitrogens with one attached hydrogen (secondary N) is 1. The van der Waals surface area contributed by atoms with Gasteiger partial charge in [0, 0.05) is 11.1 Å². The number of benzene rings is 1. The summed E-state index contributed by atoms with van der Waals surface area (Å²) >= 11 is 5.81. The summed E-state index contributed by atoms with van der Waals surface area (Å²) in [6, 6.07) is 7.02. The van der Waals surface area contributed by atoms with Crippen molar-refractivity contribution in [3.05, 3.63) is 34.9 Å². The van der Waals surface area contributed by atoms with Gasteiger partial charge in [0.1, 0.15) is 5.54 Å². The highest BCUT2D eigenvalue weighted by Crippen LogP contribution is 2.24. The molecule has 94 valence electrons. The molecule has 3 nitrogen and oxygen atoms in total. The molecule has 0 fully saturated rings. The normalized spacial score (nSPS) is 16.2. The molecular formula is C13H18ClNO2. The van der Waals surface area contributed by atoms with E-state index in [2.05, 4.69) is 5.32 Å². The summed E-state index contributed by atoms with van der Waals surface area (Å²) in [5.74, 6) is -0.889. The lowest BCUT2D eigenvalue weighted by Crippen LogP contribution is -2.50. The molecular weight excluding hydrogens is 238 g/mol. The Kier molecular flexibility index (Phi) is 4.54. The van der Waals surface area contributed by atoms with E-state index in [1.807, 2.05) is 13.8 Å². The molecule has 0 aromatic heterocycles. The Morgan fingerprint density at radius 1 is 1.47 bits per heavy atom. The van der Waals surface area contributed by atoms with Crippen LogP contribution in [-0.4, -0.2) is 17.1 Å². The molecule has 0 aliphatic rings. The number of hydrogen-bond acceptors (Lipinski definition) is 2. The van der Waals surface area contributed by atoms with Gasteiger partial charge in [-0.15, -0.1) is 0 Å². The van der Waals surface area contributed by atoms with E-state index in [0.717, 1.165) is 6.42 Å². The Labute approximate surface area is 107 Å². The molecule has 0 amide bonds. The molecule has 2 N–H and O–H groups in total. The molecule has 1 aromatic rings. The second-order valence-corrected chi connectivity index (χ2v) is 4.83. The zero-order chi connectivity index (χ0) is 13.1. The van der Waals surface area contributed by atoms with Crippen molar-refractivity contribution in [1.29, 1.82) is 0 Å². The van der Waals surface area contributed by atoms with E-state index in [1.54, 1.807) is 31.2 Å². The van der Waals surface area contributed by atoms with E-state index < -0.39 is 11.5 Å². The fraction of sp³-hybridized carbons (Fsp3) is 0.462. The Balaban J connectivity index is 3.07. The fourth-order valence-corrected chi connectivity index (χ4v) is 1.77. The number of halogens is 1. The van der Waals surface area contributed by atoms with Crippen LogP contribution >= 0.6 is 11.6 Å². The minimum absolute atomic E-state index is 0.131. The highest BCUT2D eigenvalue weighted by molar-refractivity contribution is 6.30. The van der Waals surface area contributed by atoms with E-state index in [0.29, 0.717) is 10.6 Å². The Hall–Kier alpha value is -1.06. The van der Waals surface area contributed by atoms with E-state index in [1.165, 1.54) is 0 Å². The predicted molar refractivity (Wildman–Crippen MR) is 69.3 cm³/mol. The van der Waals surface area contributed by atoms with Crippen molar-refractivity contribution in [1.82, 2.24) is 5.32 Å². The van der Waals surface area contributed by atoms with Crippen LogP contribution in [0, 0.1) is 0 Å². The third kappa shape index (κ3) is 3.20. The summed E-state index contributed by atoms with van der Waals surface area (Å²) in [5, 5.41) is 13.1. The van der Waals surface area contributed by atoms with Crippen LogP contribution in [0.25, 0.3) is 0 Å². The predicted octanol–water partition coefficient (Wildman–Crippen LogP) is 3.03. The van der Waals surface area contributed by atoms with Gasteiger partial charge in [-0.1, -0.05) is 30.7 Å². The number of carboxylic acids is 1. The summed E-state index contributed by atoms with van der Waals surface area (Å²) in [5.41, 5.74) is -0.380.